The summed E-state index contributed by atoms with van der Waals surface area (Å²) in [6.45, 7) is 9.99. The van der Waals surface area contributed by atoms with Crippen LogP contribution in [-0.2, 0) is 17.7 Å². The van der Waals surface area contributed by atoms with Gasteiger partial charge in [0.1, 0.15) is 0 Å². The van der Waals surface area contributed by atoms with Crippen molar-refractivity contribution in [2.75, 3.05) is 53.0 Å². The molecule has 0 amide bonds. The van der Waals surface area contributed by atoms with Crippen LogP contribution >= 0.6 is 11.3 Å². The third-order valence-electron chi connectivity index (χ3n) is 4.82. The SMILES string of the molecule is CCNC(=NCCN1CCc2sccc2C1)N(C)CC1CCOC1. The number of nitrogens with one attached hydrogen (secondary N) is 1. The van der Waals surface area contributed by atoms with E-state index < -0.39 is 0 Å². The molecule has 1 N–H and O–H groups in total. The van der Waals surface area contributed by atoms with E-state index in [-0.39, 0.29) is 0 Å². The second-order valence-electron chi connectivity index (χ2n) is 6.74. The maximum Gasteiger partial charge on any atom is 0.193 e. The van der Waals surface area contributed by atoms with Gasteiger partial charge < -0.3 is 15.0 Å². The summed E-state index contributed by atoms with van der Waals surface area (Å²) in [5, 5.41) is 5.64. The first-order valence-corrected chi connectivity index (χ1v) is 9.99. The Morgan fingerprint density at radius 3 is 3.25 bits per heavy atom. The van der Waals surface area contributed by atoms with E-state index in [2.05, 4.69) is 40.5 Å². The van der Waals surface area contributed by atoms with Gasteiger partial charge in [-0.3, -0.25) is 9.89 Å². The van der Waals surface area contributed by atoms with Crippen molar-refractivity contribution >= 4 is 17.3 Å². The lowest BCUT2D eigenvalue weighted by Crippen LogP contribution is -2.42. The zero-order valence-corrected chi connectivity index (χ0v) is 15.8. The van der Waals surface area contributed by atoms with Crippen LogP contribution in [0.3, 0.4) is 0 Å². The van der Waals surface area contributed by atoms with Crippen LogP contribution in [0.2, 0.25) is 0 Å². The molecular weight excluding hydrogens is 320 g/mol. The summed E-state index contributed by atoms with van der Waals surface area (Å²) in [7, 11) is 2.14. The molecule has 1 saturated heterocycles. The zero-order valence-electron chi connectivity index (χ0n) is 15.0. The number of thiophene rings is 1. The Labute approximate surface area is 149 Å². The van der Waals surface area contributed by atoms with Crippen LogP contribution in [0.25, 0.3) is 0 Å². The van der Waals surface area contributed by atoms with E-state index in [4.69, 9.17) is 9.73 Å². The van der Waals surface area contributed by atoms with Gasteiger partial charge in [0.15, 0.2) is 5.96 Å². The summed E-state index contributed by atoms with van der Waals surface area (Å²) in [5.74, 6) is 1.66. The van der Waals surface area contributed by atoms with Crippen molar-refractivity contribution in [2.45, 2.75) is 26.3 Å². The van der Waals surface area contributed by atoms with E-state index >= 15 is 0 Å². The fraction of sp³-hybridized carbons (Fsp3) is 0.722. The Balaban J connectivity index is 1.48. The Kier molecular flexibility index (Phi) is 6.51. The molecule has 1 unspecified atom stereocenters. The van der Waals surface area contributed by atoms with Crippen LogP contribution in [0.1, 0.15) is 23.8 Å². The molecule has 24 heavy (non-hydrogen) atoms. The van der Waals surface area contributed by atoms with Crippen LogP contribution in [0.5, 0.6) is 0 Å². The Morgan fingerprint density at radius 2 is 2.46 bits per heavy atom. The zero-order chi connectivity index (χ0) is 16.8. The average Bonchev–Trinajstić information content (AvgIpc) is 3.24. The van der Waals surface area contributed by atoms with E-state index in [0.717, 1.165) is 58.4 Å². The molecule has 6 heteroatoms. The van der Waals surface area contributed by atoms with Crippen molar-refractivity contribution in [3.05, 3.63) is 21.9 Å². The highest BCUT2D eigenvalue weighted by atomic mass is 32.1. The highest BCUT2D eigenvalue weighted by Crippen LogP contribution is 2.23. The van der Waals surface area contributed by atoms with Crippen molar-refractivity contribution in [1.82, 2.24) is 15.1 Å². The fourth-order valence-electron chi connectivity index (χ4n) is 3.47. The summed E-state index contributed by atoms with van der Waals surface area (Å²) in [6.07, 6.45) is 2.36. The molecule has 0 radical (unpaired) electrons. The lowest BCUT2D eigenvalue weighted by molar-refractivity contribution is 0.181. The molecule has 1 atom stereocenters. The lowest BCUT2D eigenvalue weighted by atomic mass is 10.1. The number of nitrogens with zero attached hydrogens (tertiary/aromatic N) is 3. The molecule has 1 aromatic heterocycles. The van der Waals surface area contributed by atoms with E-state index in [0.29, 0.717) is 5.92 Å². The summed E-state index contributed by atoms with van der Waals surface area (Å²) in [6, 6.07) is 2.27. The van der Waals surface area contributed by atoms with E-state index in [1.807, 2.05) is 11.3 Å². The van der Waals surface area contributed by atoms with Gasteiger partial charge in [0.05, 0.1) is 13.2 Å². The predicted octanol–water partition coefficient (Wildman–Crippen LogP) is 2.04. The molecule has 2 aliphatic heterocycles. The van der Waals surface area contributed by atoms with E-state index in [9.17, 15) is 0 Å². The number of guanidine groups is 1. The van der Waals surface area contributed by atoms with Crippen LogP contribution in [0.15, 0.2) is 16.4 Å². The monoisotopic (exact) mass is 350 g/mol. The van der Waals surface area contributed by atoms with Crippen molar-refractivity contribution < 1.29 is 4.74 Å². The molecule has 1 aromatic rings. The molecule has 0 saturated carbocycles. The number of hydrogen-bond acceptors (Lipinski definition) is 4. The van der Waals surface area contributed by atoms with Gasteiger partial charge in [-0.1, -0.05) is 0 Å². The summed E-state index contributed by atoms with van der Waals surface area (Å²) >= 11 is 1.90. The maximum absolute atomic E-state index is 5.49. The molecule has 134 valence electrons. The molecule has 2 aliphatic rings. The van der Waals surface area contributed by atoms with Gasteiger partial charge in [0.25, 0.3) is 0 Å². The second kappa shape index (κ2) is 8.83. The van der Waals surface area contributed by atoms with Gasteiger partial charge in [0, 0.05) is 57.2 Å². The molecule has 0 aromatic carbocycles. The third-order valence-corrected chi connectivity index (χ3v) is 5.84. The molecule has 0 aliphatic carbocycles. The summed E-state index contributed by atoms with van der Waals surface area (Å²) in [5.41, 5.74) is 1.51. The summed E-state index contributed by atoms with van der Waals surface area (Å²) < 4.78 is 5.49. The number of ether oxygens (including phenoxy) is 1. The van der Waals surface area contributed by atoms with E-state index in [1.165, 1.54) is 18.4 Å². The minimum atomic E-state index is 0.637. The standard InChI is InChI=1S/C18H30N4OS/c1-3-19-18(21(2)12-15-5-10-23-14-15)20-7-9-22-8-4-17-16(13-22)6-11-24-17/h6,11,15H,3-5,7-10,12-14H2,1-2H3,(H,19,20). The highest BCUT2D eigenvalue weighted by molar-refractivity contribution is 7.10. The van der Waals surface area contributed by atoms with Crippen LogP contribution in [0.4, 0.5) is 0 Å². The predicted molar refractivity (Wildman–Crippen MR) is 101 cm³/mol. The van der Waals surface area contributed by atoms with Crippen LogP contribution in [-0.4, -0.2) is 68.7 Å². The lowest BCUT2D eigenvalue weighted by Gasteiger charge is -2.27. The number of hydrogen-bond donors (Lipinski definition) is 1. The van der Waals surface area contributed by atoms with Gasteiger partial charge in [-0.2, -0.15) is 0 Å². The molecule has 1 fully saturated rings. The largest absolute Gasteiger partial charge is 0.381 e. The normalized spacial score (nSPS) is 21.8. The minimum Gasteiger partial charge on any atom is -0.381 e. The van der Waals surface area contributed by atoms with Gasteiger partial charge in [0.2, 0.25) is 0 Å². The Morgan fingerprint density at radius 1 is 1.54 bits per heavy atom. The molecule has 3 rings (SSSR count). The smallest absolute Gasteiger partial charge is 0.193 e. The molecular formula is C18H30N4OS. The third kappa shape index (κ3) is 4.71. The van der Waals surface area contributed by atoms with Gasteiger partial charge >= 0.3 is 0 Å². The maximum atomic E-state index is 5.49. The van der Waals surface area contributed by atoms with Crippen LogP contribution in [0, 0.1) is 5.92 Å². The second-order valence-corrected chi connectivity index (χ2v) is 7.74. The molecule has 5 nitrogen and oxygen atoms in total. The van der Waals surface area contributed by atoms with Crippen molar-refractivity contribution in [3.63, 3.8) is 0 Å². The first-order valence-electron chi connectivity index (χ1n) is 9.11. The van der Waals surface area contributed by atoms with E-state index in [1.54, 1.807) is 4.88 Å². The molecule has 3 heterocycles. The fourth-order valence-corrected chi connectivity index (χ4v) is 4.36. The quantitative estimate of drug-likeness (QED) is 0.630. The number of aliphatic imine (C=N–C) groups is 1. The van der Waals surface area contributed by atoms with Crippen molar-refractivity contribution in [1.29, 1.82) is 0 Å². The molecule has 0 spiro atoms. The Hall–Kier alpha value is -1.11. The first kappa shape index (κ1) is 17.7. The molecule has 0 bridgehead atoms. The number of rotatable bonds is 6. The van der Waals surface area contributed by atoms with Crippen molar-refractivity contribution in [3.8, 4) is 0 Å². The van der Waals surface area contributed by atoms with Gasteiger partial charge in [-0.05, 0) is 36.8 Å². The van der Waals surface area contributed by atoms with Gasteiger partial charge in [-0.25, -0.2) is 0 Å². The first-order chi connectivity index (χ1) is 11.8. The number of fused-ring (bicyclic) bond motifs is 1. The van der Waals surface area contributed by atoms with Gasteiger partial charge in [-0.15, -0.1) is 11.3 Å². The minimum absolute atomic E-state index is 0.637. The topological polar surface area (TPSA) is 40.1 Å². The Bertz CT molecular complexity index is 539. The average molecular weight is 351 g/mol. The van der Waals surface area contributed by atoms with Crippen LogP contribution < -0.4 is 5.32 Å². The summed E-state index contributed by atoms with van der Waals surface area (Å²) in [4.78, 5) is 11.2. The van der Waals surface area contributed by atoms with Crippen molar-refractivity contribution in [2.24, 2.45) is 10.9 Å². The highest BCUT2D eigenvalue weighted by Gasteiger charge is 2.19.